The third kappa shape index (κ3) is 3.39. The van der Waals surface area contributed by atoms with Crippen molar-refractivity contribution < 1.29 is 0 Å². The number of likely N-dealkylation sites (N-methyl/N-ethyl adjacent to an activating group) is 1. The van der Waals surface area contributed by atoms with Crippen molar-refractivity contribution in [2.24, 2.45) is 0 Å². The summed E-state index contributed by atoms with van der Waals surface area (Å²) in [7, 11) is 2.12. The smallest absolute Gasteiger partial charge is 0.0335 e. The third-order valence-electron chi connectivity index (χ3n) is 4.88. The summed E-state index contributed by atoms with van der Waals surface area (Å²) in [5.74, 6) is 0. The van der Waals surface area contributed by atoms with Crippen LogP contribution in [0.1, 0.15) is 44.4 Å². The number of nitrogens with zero attached hydrogens (tertiary/aromatic N) is 1. The van der Waals surface area contributed by atoms with Crippen molar-refractivity contribution in [3.8, 4) is 0 Å². The Hall–Kier alpha value is -0.380. The summed E-state index contributed by atoms with van der Waals surface area (Å²) in [4.78, 5) is 4.22. The lowest BCUT2D eigenvalue weighted by molar-refractivity contribution is 0.0455. The minimum Gasteiger partial charge on any atom is -0.315 e. The second-order valence-corrected chi connectivity index (χ2v) is 6.92. The number of hydrogen-bond acceptors (Lipinski definition) is 3. The summed E-state index contributed by atoms with van der Waals surface area (Å²) in [5, 5.41) is 5.78. The zero-order valence-corrected chi connectivity index (χ0v) is 13.4. The van der Waals surface area contributed by atoms with Gasteiger partial charge in [0.15, 0.2) is 0 Å². The van der Waals surface area contributed by atoms with Gasteiger partial charge in [0.25, 0.3) is 0 Å². The number of hydrogen-bond donors (Lipinski definition) is 1. The zero-order chi connectivity index (χ0) is 13.7. The molecule has 0 spiro atoms. The van der Waals surface area contributed by atoms with Gasteiger partial charge in [0.2, 0.25) is 0 Å². The molecular weight excluding hydrogens is 252 g/mol. The fraction of sp³-hybridized carbons (Fsp3) is 0.750. The van der Waals surface area contributed by atoms with E-state index in [1.54, 1.807) is 0 Å². The van der Waals surface area contributed by atoms with E-state index in [0.717, 1.165) is 6.42 Å². The van der Waals surface area contributed by atoms with Gasteiger partial charge in [0.05, 0.1) is 0 Å². The molecule has 0 radical (unpaired) electrons. The Bertz CT molecular complexity index is 357. The third-order valence-corrected chi connectivity index (χ3v) is 5.78. The Morgan fingerprint density at radius 2 is 2.11 bits per heavy atom. The van der Waals surface area contributed by atoms with Gasteiger partial charge in [0, 0.05) is 16.5 Å². The van der Waals surface area contributed by atoms with Gasteiger partial charge in [-0.2, -0.15) is 0 Å². The lowest BCUT2D eigenvalue weighted by Gasteiger charge is -2.48. The number of likely N-dealkylation sites (tertiary alicyclic amines) is 1. The molecule has 2 atom stereocenters. The first-order valence-electron chi connectivity index (χ1n) is 7.65. The monoisotopic (exact) mass is 280 g/mol. The molecule has 1 saturated heterocycles. The molecule has 1 fully saturated rings. The van der Waals surface area contributed by atoms with Gasteiger partial charge in [-0.3, -0.25) is 4.90 Å². The van der Waals surface area contributed by atoms with E-state index in [9.17, 15) is 0 Å². The van der Waals surface area contributed by atoms with Crippen LogP contribution in [0.15, 0.2) is 17.5 Å². The van der Waals surface area contributed by atoms with Crippen molar-refractivity contribution >= 4 is 11.3 Å². The van der Waals surface area contributed by atoms with Gasteiger partial charge >= 0.3 is 0 Å². The molecule has 0 aliphatic carbocycles. The molecule has 1 aliphatic heterocycles. The van der Waals surface area contributed by atoms with Crippen molar-refractivity contribution in [1.29, 1.82) is 0 Å². The van der Waals surface area contributed by atoms with Gasteiger partial charge in [-0.1, -0.05) is 19.4 Å². The van der Waals surface area contributed by atoms with Crippen molar-refractivity contribution in [2.45, 2.75) is 57.5 Å². The molecule has 2 unspecified atom stereocenters. The predicted octanol–water partition coefficient (Wildman–Crippen LogP) is 3.53. The van der Waals surface area contributed by atoms with Crippen LogP contribution >= 0.6 is 11.3 Å². The minimum atomic E-state index is 0.277. The molecule has 1 aromatic heterocycles. The number of rotatable bonds is 6. The van der Waals surface area contributed by atoms with Crippen LogP contribution in [-0.2, 0) is 6.42 Å². The van der Waals surface area contributed by atoms with Crippen LogP contribution in [0.3, 0.4) is 0 Å². The summed E-state index contributed by atoms with van der Waals surface area (Å²) in [6, 6.07) is 4.97. The quantitative estimate of drug-likeness (QED) is 0.857. The largest absolute Gasteiger partial charge is 0.315 e. The van der Waals surface area contributed by atoms with Crippen molar-refractivity contribution in [3.05, 3.63) is 22.4 Å². The number of nitrogens with one attached hydrogen (secondary N) is 1. The lowest BCUT2D eigenvalue weighted by Crippen LogP contribution is -2.60. The van der Waals surface area contributed by atoms with Gasteiger partial charge in [-0.25, -0.2) is 0 Å². The molecule has 2 heterocycles. The Morgan fingerprint density at radius 1 is 1.37 bits per heavy atom. The Balaban J connectivity index is 2.11. The van der Waals surface area contributed by atoms with E-state index in [4.69, 9.17) is 0 Å². The number of piperidine rings is 1. The molecule has 2 rings (SSSR count). The molecule has 0 saturated carbocycles. The van der Waals surface area contributed by atoms with Crippen molar-refractivity contribution in [2.75, 3.05) is 20.1 Å². The molecule has 0 aromatic carbocycles. The topological polar surface area (TPSA) is 15.3 Å². The molecule has 1 aromatic rings. The molecule has 2 nitrogen and oxygen atoms in total. The maximum Gasteiger partial charge on any atom is 0.0335 e. The maximum atomic E-state index is 3.59. The summed E-state index contributed by atoms with van der Waals surface area (Å²) in [5.41, 5.74) is 0.277. The highest BCUT2D eigenvalue weighted by Gasteiger charge is 2.37. The second kappa shape index (κ2) is 6.87. The van der Waals surface area contributed by atoms with E-state index >= 15 is 0 Å². The van der Waals surface area contributed by atoms with Crippen LogP contribution in [-0.4, -0.2) is 36.6 Å². The van der Waals surface area contributed by atoms with Crippen molar-refractivity contribution in [3.63, 3.8) is 0 Å². The van der Waals surface area contributed by atoms with Crippen LogP contribution in [0, 0.1) is 0 Å². The van der Waals surface area contributed by atoms with E-state index < -0.39 is 0 Å². The lowest BCUT2D eigenvalue weighted by atomic mass is 9.83. The number of thiophene rings is 1. The molecule has 19 heavy (non-hydrogen) atoms. The molecule has 3 heteroatoms. The molecule has 1 aliphatic rings. The average Bonchev–Trinajstić information content (AvgIpc) is 2.98. The molecule has 0 bridgehead atoms. The predicted molar refractivity (Wildman–Crippen MR) is 85.0 cm³/mol. The summed E-state index contributed by atoms with van der Waals surface area (Å²) < 4.78 is 0. The van der Waals surface area contributed by atoms with Gasteiger partial charge in [-0.05, 0) is 64.2 Å². The fourth-order valence-corrected chi connectivity index (χ4v) is 4.11. The summed E-state index contributed by atoms with van der Waals surface area (Å²) in [6.45, 7) is 7.33. The van der Waals surface area contributed by atoms with Gasteiger partial charge < -0.3 is 5.32 Å². The minimum absolute atomic E-state index is 0.277. The van der Waals surface area contributed by atoms with Gasteiger partial charge in [0.1, 0.15) is 0 Å². The first-order valence-corrected chi connectivity index (χ1v) is 8.53. The molecular formula is C16H28N2S. The van der Waals surface area contributed by atoms with Crippen molar-refractivity contribution in [1.82, 2.24) is 10.2 Å². The van der Waals surface area contributed by atoms with Crippen LogP contribution in [0.25, 0.3) is 0 Å². The normalized spacial score (nSPS) is 22.1. The fourth-order valence-electron chi connectivity index (χ4n) is 3.36. The standard InChI is InChI=1S/C16H28N2S/c1-4-16(2,18-10-6-5-7-11-18)15(17-3)13-14-9-8-12-19-14/h8-9,12,15,17H,4-7,10-11,13H2,1-3H3. The molecule has 0 amide bonds. The van der Waals surface area contributed by atoms with E-state index in [1.807, 2.05) is 11.3 Å². The first kappa shape index (κ1) is 15.0. The SMILES string of the molecule is CCC(C)(C(Cc1cccs1)NC)N1CCCCC1. The van der Waals surface area contributed by atoms with Crippen LogP contribution < -0.4 is 5.32 Å². The van der Waals surface area contributed by atoms with Crippen LogP contribution in [0.5, 0.6) is 0 Å². The average molecular weight is 280 g/mol. The maximum absolute atomic E-state index is 3.59. The highest BCUT2D eigenvalue weighted by Crippen LogP contribution is 2.29. The Labute approximate surface area is 122 Å². The zero-order valence-electron chi connectivity index (χ0n) is 12.6. The highest BCUT2D eigenvalue weighted by molar-refractivity contribution is 7.09. The molecule has 108 valence electrons. The Kier molecular flexibility index (Phi) is 5.43. The summed E-state index contributed by atoms with van der Waals surface area (Å²) in [6.07, 6.45) is 6.50. The van der Waals surface area contributed by atoms with E-state index in [0.29, 0.717) is 6.04 Å². The second-order valence-electron chi connectivity index (χ2n) is 5.88. The van der Waals surface area contributed by atoms with Crippen LogP contribution in [0.4, 0.5) is 0 Å². The van der Waals surface area contributed by atoms with E-state index in [2.05, 4.69) is 48.6 Å². The van der Waals surface area contributed by atoms with Gasteiger partial charge in [-0.15, -0.1) is 11.3 Å². The highest BCUT2D eigenvalue weighted by atomic mass is 32.1. The Morgan fingerprint density at radius 3 is 2.63 bits per heavy atom. The summed E-state index contributed by atoms with van der Waals surface area (Å²) >= 11 is 1.88. The van der Waals surface area contributed by atoms with E-state index in [1.165, 1.54) is 43.6 Å². The first-order chi connectivity index (χ1) is 9.20. The van der Waals surface area contributed by atoms with Crippen LogP contribution in [0.2, 0.25) is 0 Å². The van der Waals surface area contributed by atoms with E-state index in [-0.39, 0.29) is 5.54 Å². The molecule has 1 N–H and O–H groups in total.